The third kappa shape index (κ3) is 4.54. The summed E-state index contributed by atoms with van der Waals surface area (Å²) in [4.78, 5) is 12.3. The summed E-state index contributed by atoms with van der Waals surface area (Å²) in [5, 5.41) is 4.18. The first-order valence-electron chi connectivity index (χ1n) is 9.36. The Bertz CT molecular complexity index is 851. The molecular formula is C21H26IN3O2. The molecule has 1 aromatic heterocycles. The number of aromatic nitrogens is 1. The predicted molar refractivity (Wildman–Crippen MR) is 117 cm³/mol. The van der Waals surface area contributed by atoms with E-state index in [1.807, 2.05) is 6.07 Å². The van der Waals surface area contributed by atoms with Gasteiger partial charge in [-0.05, 0) is 73.5 Å². The van der Waals surface area contributed by atoms with Gasteiger partial charge in [0.2, 0.25) is 0 Å². The average molecular weight is 479 g/mol. The van der Waals surface area contributed by atoms with Crippen LogP contribution in [0.25, 0.3) is 0 Å². The number of hydrogen-bond donors (Lipinski definition) is 1. The van der Waals surface area contributed by atoms with E-state index in [0.29, 0.717) is 17.4 Å². The quantitative estimate of drug-likeness (QED) is 0.374. The number of benzene rings is 1. The minimum absolute atomic E-state index is 0.248. The van der Waals surface area contributed by atoms with Crippen LogP contribution in [-0.4, -0.2) is 23.8 Å². The Kier molecular flexibility index (Phi) is 6.57. The van der Waals surface area contributed by atoms with Crippen LogP contribution >= 0.6 is 22.6 Å². The van der Waals surface area contributed by atoms with Crippen molar-refractivity contribution in [3.63, 3.8) is 0 Å². The smallest absolute Gasteiger partial charge is 0.271 e. The Labute approximate surface area is 174 Å². The molecule has 2 aromatic rings. The van der Waals surface area contributed by atoms with Crippen molar-refractivity contribution in [2.75, 3.05) is 7.11 Å². The van der Waals surface area contributed by atoms with Crippen molar-refractivity contribution < 1.29 is 9.53 Å². The second-order valence-electron chi connectivity index (χ2n) is 7.04. The number of methoxy groups -OCH3 is 1. The van der Waals surface area contributed by atoms with Gasteiger partial charge < -0.3 is 9.30 Å². The molecule has 0 radical (unpaired) electrons. The fourth-order valence-corrected chi connectivity index (χ4v) is 4.42. The monoisotopic (exact) mass is 479 g/mol. The Hall–Kier alpha value is -1.83. The van der Waals surface area contributed by atoms with Gasteiger partial charge in [0.05, 0.1) is 16.9 Å². The van der Waals surface area contributed by atoms with E-state index in [4.69, 9.17) is 4.74 Å². The summed E-state index contributed by atoms with van der Waals surface area (Å²) in [6.07, 6.45) is 8.20. The highest BCUT2D eigenvalue weighted by Crippen LogP contribution is 2.31. The van der Waals surface area contributed by atoms with Crippen LogP contribution in [0.1, 0.15) is 65.5 Å². The first-order valence-corrected chi connectivity index (χ1v) is 10.4. The van der Waals surface area contributed by atoms with Gasteiger partial charge in [-0.1, -0.05) is 19.3 Å². The highest BCUT2D eigenvalue weighted by atomic mass is 127. The van der Waals surface area contributed by atoms with Crippen molar-refractivity contribution >= 4 is 34.7 Å². The van der Waals surface area contributed by atoms with Crippen molar-refractivity contribution in [1.82, 2.24) is 9.99 Å². The van der Waals surface area contributed by atoms with E-state index in [-0.39, 0.29) is 5.91 Å². The van der Waals surface area contributed by atoms with Crippen molar-refractivity contribution in [2.24, 2.45) is 5.10 Å². The maximum Gasteiger partial charge on any atom is 0.271 e. The summed E-state index contributed by atoms with van der Waals surface area (Å²) in [5.74, 6) is 0.435. The van der Waals surface area contributed by atoms with E-state index < -0.39 is 0 Å². The van der Waals surface area contributed by atoms with E-state index in [1.165, 1.54) is 43.5 Å². The molecule has 0 atom stereocenters. The number of hydrazone groups is 1. The lowest BCUT2D eigenvalue weighted by atomic mass is 9.95. The number of nitrogens with zero attached hydrogens (tertiary/aromatic N) is 2. The predicted octanol–water partition coefficient (Wildman–Crippen LogP) is 4.99. The molecule has 1 aliphatic carbocycles. The molecule has 27 heavy (non-hydrogen) atoms. The summed E-state index contributed by atoms with van der Waals surface area (Å²) >= 11 is 2.18. The van der Waals surface area contributed by atoms with Crippen molar-refractivity contribution in [1.29, 1.82) is 0 Å². The van der Waals surface area contributed by atoms with E-state index >= 15 is 0 Å². The molecule has 1 fully saturated rings. The summed E-state index contributed by atoms with van der Waals surface area (Å²) in [6.45, 7) is 4.28. The zero-order valence-electron chi connectivity index (χ0n) is 16.1. The molecule has 0 saturated heterocycles. The summed E-state index contributed by atoms with van der Waals surface area (Å²) in [7, 11) is 1.60. The molecule has 3 rings (SSSR count). The average Bonchev–Trinajstić information content (AvgIpc) is 2.96. The van der Waals surface area contributed by atoms with Gasteiger partial charge in [0.1, 0.15) is 5.75 Å². The van der Waals surface area contributed by atoms with Gasteiger partial charge in [0.25, 0.3) is 5.91 Å². The van der Waals surface area contributed by atoms with E-state index in [9.17, 15) is 4.79 Å². The third-order valence-electron chi connectivity index (χ3n) is 5.25. The lowest BCUT2D eigenvalue weighted by Gasteiger charge is -2.26. The third-order valence-corrected chi connectivity index (χ3v) is 6.14. The minimum Gasteiger partial charge on any atom is -0.496 e. The molecule has 0 spiro atoms. The van der Waals surface area contributed by atoms with E-state index in [2.05, 4.69) is 57.6 Å². The van der Waals surface area contributed by atoms with Crippen LogP contribution in [0.3, 0.4) is 0 Å². The molecular weight excluding hydrogens is 453 g/mol. The van der Waals surface area contributed by atoms with Crippen LogP contribution in [0.5, 0.6) is 5.75 Å². The van der Waals surface area contributed by atoms with Crippen LogP contribution in [0.4, 0.5) is 0 Å². The number of rotatable bonds is 5. The maximum absolute atomic E-state index is 12.3. The highest BCUT2D eigenvalue weighted by molar-refractivity contribution is 14.1. The molecule has 5 nitrogen and oxygen atoms in total. The molecule has 1 saturated carbocycles. The van der Waals surface area contributed by atoms with Gasteiger partial charge in [-0.3, -0.25) is 4.79 Å². The van der Waals surface area contributed by atoms with Crippen molar-refractivity contribution in [3.8, 4) is 5.75 Å². The number of halogens is 1. The van der Waals surface area contributed by atoms with Crippen molar-refractivity contribution in [2.45, 2.75) is 52.0 Å². The van der Waals surface area contributed by atoms with E-state index in [0.717, 1.165) is 9.13 Å². The molecule has 0 aliphatic heterocycles. The molecule has 1 N–H and O–H groups in total. The number of amides is 1. The first kappa shape index (κ1) is 19.9. The SMILES string of the molecule is COc1cc(C(=O)NN=Cc2cc(C)n(C3CCCCC3)c2C)ccc1I. The standard InChI is InChI=1S/C21H26IN3O2/c1-14-11-17(15(2)25(14)18-7-5-4-6-8-18)13-23-24-21(26)16-9-10-19(22)20(12-16)27-3/h9-13,18H,4-8H2,1-3H3,(H,24,26). The number of carbonyl (C=O) groups is 1. The summed E-state index contributed by atoms with van der Waals surface area (Å²) in [6, 6.07) is 8.09. The fraction of sp³-hybridized carbons (Fsp3) is 0.429. The lowest BCUT2D eigenvalue weighted by molar-refractivity contribution is 0.0954. The Morgan fingerprint density at radius 2 is 2.00 bits per heavy atom. The first-order chi connectivity index (χ1) is 13.0. The Balaban J connectivity index is 1.70. The number of carbonyl (C=O) groups excluding carboxylic acids is 1. The summed E-state index contributed by atoms with van der Waals surface area (Å²) < 4.78 is 8.67. The van der Waals surface area contributed by atoms with Crippen LogP contribution in [0.2, 0.25) is 0 Å². The van der Waals surface area contributed by atoms with Gasteiger partial charge in [-0.25, -0.2) is 5.43 Å². The zero-order chi connectivity index (χ0) is 19.4. The van der Waals surface area contributed by atoms with Crippen LogP contribution in [0.15, 0.2) is 29.4 Å². The van der Waals surface area contributed by atoms with Crippen LogP contribution in [-0.2, 0) is 0 Å². The molecule has 0 bridgehead atoms. The number of hydrogen-bond acceptors (Lipinski definition) is 3. The fourth-order valence-electron chi connectivity index (χ4n) is 3.86. The van der Waals surface area contributed by atoms with Gasteiger partial charge >= 0.3 is 0 Å². The second-order valence-corrected chi connectivity index (χ2v) is 8.20. The highest BCUT2D eigenvalue weighted by Gasteiger charge is 2.19. The zero-order valence-corrected chi connectivity index (χ0v) is 18.2. The number of aryl methyl sites for hydroxylation is 1. The molecule has 144 valence electrons. The largest absolute Gasteiger partial charge is 0.496 e. The van der Waals surface area contributed by atoms with Gasteiger partial charge in [0.15, 0.2) is 0 Å². The van der Waals surface area contributed by atoms with Gasteiger partial charge in [-0.15, -0.1) is 0 Å². The van der Waals surface area contributed by atoms with Gasteiger partial charge in [-0.2, -0.15) is 5.10 Å². The van der Waals surface area contributed by atoms with Crippen LogP contribution in [0, 0.1) is 17.4 Å². The Morgan fingerprint density at radius 3 is 2.70 bits per heavy atom. The molecule has 1 aromatic carbocycles. The van der Waals surface area contributed by atoms with Crippen LogP contribution < -0.4 is 10.2 Å². The molecule has 1 aliphatic rings. The molecule has 0 unspecified atom stereocenters. The minimum atomic E-state index is -0.248. The maximum atomic E-state index is 12.3. The summed E-state index contributed by atoms with van der Waals surface area (Å²) in [5.41, 5.74) is 6.67. The number of nitrogens with one attached hydrogen (secondary N) is 1. The molecule has 1 heterocycles. The molecule has 1 amide bonds. The second kappa shape index (κ2) is 8.91. The normalized spacial score (nSPS) is 15.3. The topological polar surface area (TPSA) is 55.6 Å². The lowest BCUT2D eigenvalue weighted by Crippen LogP contribution is -2.18. The van der Waals surface area contributed by atoms with Gasteiger partial charge in [0, 0.05) is 28.6 Å². The molecule has 6 heteroatoms. The van der Waals surface area contributed by atoms with E-state index in [1.54, 1.807) is 25.5 Å². The Morgan fingerprint density at radius 1 is 1.26 bits per heavy atom. The number of ether oxygens (including phenoxy) is 1. The van der Waals surface area contributed by atoms with Crippen molar-refractivity contribution in [3.05, 3.63) is 50.4 Å².